The highest BCUT2D eigenvalue weighted by Gasteiger charge is 2.57. The first kappa shape index (κ1) is 12.3. The van der Waals surface area contributed by atoms with Crippen LogP contribution in [0.25, 0.3) is 0 Å². The highest BCUT2D eigenvalue weighted by atomic mass is 28.3. The van der Waals surface area contributed by atoms with Crippen molar-refractivity contribution in [1.82, 2.24) is 0 Å². The minimum atomic E-state index is -0.605. The molecule has 1 heterocycles. The number of Topliss-reactive ketones (excluding diaryl/α,β-unsaturated/α-hetero) is 1. The molecular formula is C13H24O2Si. The van der Waals surface area contributed by atoms with Crippen LogP contribution in [0.3, 0.4) is 0 Å². The summed E-state index contributed by atoms with van der Waals surface area (Å²) in [5, 5.41) is 0. The minimum Gasteiger partial charge on any atom is -0.420 e. The Bertz CT molecular complexity index is 261. The molecule has 16 heavy (non-hydrogen) atoms. The molecule has 1 saturated heterocycles. The van der Waals surface area contributed by atoms with Gasteiger partial charge in [-0.2, -0.15) is 0 Å². The molecule has 0 radical (unpaired) electrons. The summed E-state index contributed by atoms with van der Waals surface area (Å²) in [6, 6.07) is 2.76. The Balaban J connectivity index is 0.000000120. The Kier molecular flexibility index (Phi) is 3.85. The molecule has 3 fully saturated rings. The highest BCUT2D eigenvalue weighted by molar-refractivity contribution is 6.51. The summed E-state index contributed by atoms with van der Waals surface area (Å²) in [4.78, 5) is 10.8. The molecule has 3 heteroatoms. The van der Waals surface area contributed by atoms with Crippen molar-refractivity contribution < 1.29 is 9.22 Å². The molecule has 1 aliphatic heterocycles. The molecule has 3 rings (SSSR count). The number of rotatable bonds is 1. The van der Waals surface area contributed by atoms with Gasteiger partial charge in [0.05, 0.1) is 0 Å². The summed E-state index contributed by atoms with van der Waals surface area (Å²) in [6.07, 6.45) is 5.96. The number of carbonyl (C=O) groups excluding carboxylic acids is 1. The van der Waals surface area contributed by atoms with Crippen molar-refractivity contribution in [2.45, 2.75) is 58.0 Å². The first-order valence-electron chi connectivity index (χ1n) is 6.80. The SMILES string of the molecule is CC12CCC(=O)C1C2.CC[SiH]1CCCCO1. The maximum Gasteiger partial charge on any atom is 0.176 e. The minimum absolute atomic E-state index is 0.483. The van der Waals surface area contributed by atoms with Crippen molar-refractivity contribution in [2.75, 3.05) is 6.61 Å². The summed E-state index contributed by atoms with van der Waals surface area (Å²) in [7, 11) is -0.605. The van der Waals surface area contributed by atoms with E-state index in [1.165, 1.54) is 31.4 Å². The molecular weight excluding hydrogens is 216 g/mol. The van der Waals surface area contributed by atoms with Crippen LogP contribution in [0.4, 0.5) is 0 Å². The third-order valence-electron chi connectivity index (χ3n) is 4.41. The van der Waals surface area contributed by atoms with Gasteiger partial charge < -0.3 is 4.43 Å². The van der Waals surface area contributed by atoms with Crippen LogP contribution in [-0.2, 0) is 9.22 Å². The molecule has 2 saturated carbocycles. The smallest absolute Gasteiger partial charge is 0.176 e. The van der Waals surface area contributed by atoms with Gasteiger partial charge in [0.2, 0.25) is 0 Å². The molecule has 3 atom stereocenters. The zero-order valence-corrected chi connectivity index (χ0v) is 11.8. The van der Waals surface area contributed by atoms with E-state index in [1.54, 1.807) is 0 Å². The van der Waals surface area contributed by atoms with Crippen molar-refractivity contribution in [3.8, 4) is 0 Å². The normalized spacial score (nSPS) is 41.0. The molecule has 2 aliphatic carbocycles. The predicted molar refractivity (Wildman–Crippen MR) is 68.1 cm³/mol. The van der Waals surface area contributed by atoms with Gasteiger partial charge in [0.25, 0.3) is 0 Å². The lowest BCUT2D eigenvalue weighted by Crippen LogP contribution is -2.21. The van der Waals surface area contributed by atoms with E-state index in [9.17, 15) is 4.79 Å². The molecule has 3 unspecified atom stereocenters. The lowest BCUT2D eigenvalue weighted by atomic mass is 10.1. The molecule has 2 nitrogen and oxygen atoms in total. The zero-order chi connectivity index (χ0) is 11.6. The van der Waals surface area contributed by atoms with Crippen LogP contribution in [-0.4, -0.2) is 21.4 Å². The van der Waals surface area contributed by atoms with Crippen molar-refractivity contribution in [2.24, 2.45) is 11.3 Å². The molecule has 3 aliphatic rings. The second-order valence-electron chi connectivity index (χ2n) is 5.77. The van der Waals surface area contributed by atoms with Crippen molar-refractivity contribution >= 4 is 14.8 Å². The van der Waals surface area contributed by atoms with E-state index in [0.29, 0.717) is 17.1 Å². The molecule has 0 bridgehead atoms. The van der Waals surface area contributed by atoms with Gasteiger partial charge >= 0.3 is 0 Å². The number of fused-ring (bicyclic) bond motifs is 1. The van der Waals surface area contributed by atoms with Crippen LogP contribution in [0, 0.1) is 11.3 Å². The second kappa shape index (κ2) is 5.01. The van der Waals surface area contributed by atoms with Crippen LogP contribution in [0.15, 0.2) is 0 Å². The molecule has 0 amide bonds. The zero-order valence-electron chi connectivity index (χ0n) is 10.6. The molecule has 0 N–H and O–H groups in total. The Labute approximate surface area is 100 Å². The van der Waals surface area contributed by atoms with Gasteiger partial charge in [-0.3, -0.25) is 4.79 Å². The average Bonchev–Trinajstić information content (AvgIpc) is 2.93. The number of ketones is 1. The van der Waals surface area contributed by atoms with E-state index in [4.69, 9.17) is 4.43 Å². The van der Waals surface area contributed by atoms with Gasteiger partial charge in [-0.1, -0.05) is 20.3 Å². The molecule has 0 aromatic carbocycles. The monoisotopic (exact) mass is 240 g/mol. The fourth-order valence-corrected chi connectivity index (χ4v) is 4.95. The fraction of sp³-hybridized carbons (Fsp3) is 0.923. The summed E-state index contributed by atoms with van der Waals surface area (Å²) >= 11 is 0. The summed E-state index contributed by atoms with van der Waals surface area (Å²) < 4.78 is 5.57. The average molecular weight is 240 g/mol. The Morgan fingerprint density at radius 1 is 1.50 bits per heavy atom. The van der Waals surface area contributed by atoms with E-state index in [1.807, 2.05) is 0 Å². The van der Waals surface area contributed by atoms with E-state index in [2.05, 4.69) is 13.8 Å². The van der Waals surface area contributed by atoms with E-state index in [0.717, 1.165) is 19.4 Å². The molecule has 0 aromatic heterocycles. The molecule has 92 valence electrons. The van der Waals surface area contributed by atoms with Crippen LogP contribution >= 0.6 is 0 Å². The Hall–Kier alpha value is -0.153. The van der Waals surface area contributed by atoms with Gasteiger partial charge in [-0.15, -0.1) is 0 Å². The summed E-state index contributed by atoms with van der Waals surface area (Å²) in [6.45, 7) is 5.54. The molecule has 0 spiro atoms. The maximum atomic E-state index is 10.8. The van der Waals surface area contributed by atoms with Gasteiger partial charge in [-0.25, -0.2) is 0 Å². The lowest BCUT2D eigenvalue weighted by Gasteiger charge is -2.18. The van der Waals surface area contributed by atoms with Gasteiger partial charge in [0, 0.05) is 18.9 Å². The number of hydrogen-bond acceptors (Lipinski definition) is 2. The Morgan fingerprint density at radius 2 is 2.31 bits per heavy atom. The molecule has 0 aromatic rings. The van der Waals surface area contributed by atoms with Crippen LogP contribution in [0.1, 0.15) is 46.0 Å². The highest BCUT2D eigenvalue weighted by Crippen LogP contribution is 2.61. The quantitative estimate of drug-likeness (QED) is 0.659. The van der Waals surface area contributed by atoms with Gasteiger partial charge in [-0.05, 0) is 36.8 Å². The number of carbonyl (C=O) groups is 1. The van der Waals surface area contributed by atoms with Crippen LogP contribution in [0.2, 0.25) is 12.1 Å². The van der Waals surface area contributed by atoms with E-state index >= 15 is 0 Å². The third kappa shape index (κ3) is 2.75. The van der Waals surface area contributed by atoms with E-state index in [-0.39, 0.29) is 0 Å². The van der Waals surface area contributed by atoms with E-state index < -0.39 is 9.04 Å². The third-order valence-corrected chi connectivity index (χ3v) is 7.08. The van der Waals surface area contributed by atoms with Crippen LogP contribution in [0.5, 0.6) is 0 Å². The largest absolute Gasteiger partial charge is 0.420 e. The van der Waals surface area contributed by atoms with Crippen LogP contribution < -0.4 is 0 Å². The first-order chi connectivity index (χ1) is 7.65. The predicted octanol–water partition coefficient (Wildman–Crippen LogP) is 2.92. The fourth-order valence-electron chi connectivity index (χ4n) is 2.90. The summed E-state index contributed by atoms with van der Waals surface area (Å²) in [5.41, 5.74) is 0.483. The number of hydrogen-bond donors (Lipinski definition) is 0. The summed E-state index contributed by atoms with van der Waals surface area (Å²) in [5.74, 6) is 1.01. The Morgan fingerprint density at radius 3 is 2.56 bits per heavy atom. The van der Waals surface area contributed by atoms with Crippen molar-refractivity contribution in [1.29, 1.82) is 0 Å². The topological polar surface area (TPSA) is 26.3 Å². The first-order valence-corrected chi connectivity index (χ1v) is 8.90. The van der Waals surface area contributed by atoms with Crippen molar-refractivity contribution in [3.05, 3.63) is 0 Å². The lowest BCUT2D eigenvalue weighted by molar-refractivity contribution is -0.119. The van der Waals surface area contributed by atoms with Crippen molar-refractivity contribution in [3.63, 3.8) is 0 Å². The van der Waals surface area contributed by atoms with Gasteiger partial charge in [0.15, 0.2) is 9.04 Å². The standard InChI is InChI=1S/C7H10O.C6H14OSi/c1-7-3-2-6(8)5(7)4-7;1-2-8-6-4-3-5-7-8/h5H,2-4H2,1H3;8H,2-6H2,1H3. The maximum absolute atomic E-state index is 10.8. The van der Waals surface area contributed by atoms with Gasteiger partial charge in [0.1, 0.15) is 5.78 Å². The second-order valence-corrected chi connectivity index (χ2v) is 8.75.